The molecule has 0 radical (unpaired) electrons. The van der Waals surface area contributed by atoms with Gasteiger partial charge in [-0.2, -0.15) is 0 Å². The fourth-order valence-electron chi connectivity index (χ4n) is 6.25. The van der Waals surface area contributed by atoms with Crippen molar-refractivity contribution in [3.63, 3.8) is 0 Å². The molecular weight excluding hydrogens is 590 g/mol. The number of hydrogen-bond donors (Lipinski definition) is 5. The Morgan fingerprint density at radius 1 is 1.02 bits per heavy atom. The largest absolute Gasteiger partial charge is 0.458 e. The zero-order chi connectivity index (χ0) is 34.8. The van der Waals surface area contributed by atoms with Crippen LogP contribution in [-0.4, -0.2) is 89.2 Å². The third kappa shape index (κ3) is 11.4. The molecule has 0 aromatic heterocycles. The molecule has 6 atom stereocenters. The average Bonchev–Trinajstić information content (AvgIpc) is 3.43. The minimum absolute atomic E-state index is 0.118. The molecule has 0 aromatic carbocycles. The van der Waals surface area contributed by atoms with Crippen LogP contribution in [0.1, 0.15) is 106 Å². The van der Waals surface area contributed by atoms with E-state index < -0.39 is 65.1 Å². The molecule has 1 heterocycles. The summed E-state index contributed by atoms with van der Waals surface area (Å²) < 4.78 is 5.59. The maximum absolute atomic E-state index is 14.4. The lowest BCUT2D eigenvalue weighted by atomic mass is 9.83. The molecule has 46 heavy (non-hydrogen) atoms. The van der Waals surface area contributed by atoms with Crippen LogP contribution < -0.4 is 21.3 Å². The average molecular weight is 650 g/mol. The molecule has 5 N–H and O–H groups in total. The molecule has 262 valence electrons. The number of esters is 1. The van der Waals surface area contributed by atoms with Crippen molar-refractivity contribution in [1.82, 2.24) is 26.2 Å². The Balaban J connectivity index is 2.35. The van der Waals surface area contributed by atoms with Crippen molar-refractivity contribution in [2.24, 2.45) is 17.3 Å². The number of aliphatic hydroxyl groups is 1. The first-order valence-corrected chi connectivity index (χ1v) is 16.9. The van der Waals surface area contributed by atoms with Crippen molar-refractivity contribution in [3.8, 4) is 0 Å². The van der Waals surface area contributed by atoms with Crippen LogP contribution in [0.2, 0.25) is 0 Å². The Morgan fingerprint density at radius 3 is 2.17 bits per heavy atom. The highest BCUT2D eigenvalue weighted by Crippen LogP contribution is 2.32. The molecule has 1 aliphatic heterocycles. The van der Waals surface area contributed by atoms with Crippen molar-refractivity contribution in [2.75, 3.05) is 13.6 Å². The first-order valence-electron chi connectivity index (χ1n) is 16.9. The van der Waals surface area contributed by atoms with Gasteiger partial charge in [-0.15, -0.1) is 6.58 Å². The molecule has 0 spiro atoms. The summed E-state index contributed by atoms with van der Waals surface area (Å²) in [5.41, 5.74) is -1.42. The molecule has 2 rings (SSSR count). The Hall–Kier alpha value is -2.99. The highest BCUT2D eigenvalue weighted by Gasteiger charge is 2.45. The van der Waals surface area contributed by atoms with Gasteiger partial charge in [-0.3, -0.25) is 19.7 Å². The van der Waals surface area contributed by atoms with Crippen LogP contribution >= 0.6 is 0 Å². The number of ether oxygens (including phenoxy) is 1. The number of carbonyl (C=O) groups is 5. The zero-order valence-corrected chi connectivity index (χ0v) is 29.2. The summed E-state index contributed by atoms with van der Waals surface area (Å²) in [6.07, 6.45) is 7.01. The van der Waals surface area contributed by atoms with Gasteiger partial charge in [0.05, 0.1) is 12.1 Å². The predicted octanol–water partition coefficient (Wildman–Crippen LogP) is 3.18. The van der Waals surface area contributed by atoms with Gasteiger partial charge in [-0.1, -0.05) is 65.9 Å². The fraction of sp³-hybridized carbons (Fsp3) is 0.794. The van der Waals surface area contributed by atoms with Gasteiger partial charge in [-0.05, 0) is 63.7 Å². The summed E-state index contributed by atoms with van der Waals surface area (Å²) in [5, 5.41) is 22.4. The van der Waals surface area contributed by atoms with Crippen LogP contribution in [0.25, 0.3) is 0 Å². The second-order valence-electron chi connectivity index (χ2n) is 14.9. The van der Waals surface area contributed by atoms with Gasteiger partial charge in [0.2, 0.25) is 11.7 Å². The minimum Gasteiger partial charge on any atom is -0.458 e. The second kappa shape index (κ2) is 17.2. The topological polar surface area (TPSA) is 166 Å². The van der Waals surface area contributed by atoms with Gasteiger partial charge in [0.15, 0.2) is 0 Å². The molecule has 12 heteroatoms. The summed E-state index contributed by atoms with van der Waals surface area (Å²) in [7, 11) is 1.38. The summed E-state index contributed by atoms with van der Waals surface area (Å²) in [5.74, 6) is -2.60. The lowest BCUT2D eigenvalue weighted by Gasteiger charge is -2.37. The highest BCUT2D eigenvalue weighted by molar-refractivity contribution is 6.38. The first kappa shape index (κ1) is 39.2. The van der Waals surface area contributed by atoms with Crippen LogP contribution in [0, 0.1) is 17.3 Å². The predicted molar refractivity (Wildman–Crippen MR) is 176 cm³/mol. The molecule has 2 aliphatic rings. The van der Waals surface area contributed by atoms with Crippen LogP contribution in [-0.2, 0) is 23.9 Å². The van der Waals surface area contributed by atoms with Crippen molar-refractivity contribution in [2.45, 2.75) is 142 Å². The van der Waals surface area contributed by atoms with E-state index in [1.807, 2.05) is 27.7 Å². The number of unbranched alkanes of at least 4 members (excludes halogenated alkanes) is 1. The van der Waals surface area contributed by atoms with E-state index in [1.165, 1.54) is 7.05 Å². The minimum atomic E-state index is -1.30. The maximum atomic E-state index is 14.4. The Labute approximate surface area is 275 Å². The molecule has 1 saturated carbocycles. The van der Waals surface area contributed by atoms with Gasteiger partial charge >= 0.3 is 12.0 Å². The van der Waals surface area contributed by atoms with Gasteiger partial charge in [0, 0.05) is 13.6 Å². The van der Waals surface area contributed by atoms with Gasteiger partial charge in [0.1, 0.15) is 23.9 Å². The van der Waals surface area contributed by atoms with E-state index >= 15 is 0 Å². The first-order chi connectivity index (χ1) is 21.4. The van der Waals surface area contributed by atoms with E-state index in [-0.39, 0.29) is 24.3 Å². The van der Waals surface area contributed by atoms with E-state index in [9.17, 15) is 29.1 Å². The number of likely N-dealkylation sites (tertiary alicyclic amines) is 1. The number of ketones is 1. The number of Topliss-reactive ketones (excluding diaryl/α,β-unsaturated/α-hetero) is 1. The summed E-state index contributed by atoms with van der Waals surface area (Å²) in [6.45, 7) is 16.9. The number of rotatable bonds is 14. The number of urea groups is 1. The Morgan fingerprint density at radius 2 is 1.65 bits per heavy atom. The lowest BCUT2D eigenvalue weighted by molar-refractivity contribution is -0.160. The van der Waals surface area contributed by atoms with Crippen molar-refractivity contribution < 1.29 is 33.8 Å². The van der Waals surface area contributed by atoms with Crippen LogP contribution in [0.5, 0.6) is 0 Å². The monoisotopic (exact) mass is 649 g/mol. The highest BCUT2D eigenvalue weighted by atomic mass is 16.6. The quantitative estimate of drug-likeness (QED) is 0.0828. The molecule has 4 amide bonds. The Bertz CT molecular complexity index is 1080. The molecule has 0 aromatic rings. The standard InChI is InChI=1S/C34H59N5O7/c1-10-12-18-23(26(40)29(42)35-9)36-28(41)24-19-21(11-2)20-39(24)30(43)25(22-16-14-13-15-17-22)37-32(45)38-27(33(3,4)5)31(44)46-34(6,7)8/h11,21-25,27-28,36,41H,2,10,12-20H2,1,3-9H3,(H,35,42)(H2,37,38,45)/t21-,23?,24+,25+,27-,28?/m1/s1. The van der Waals surface area contributed by atoms with Gasteiger partial charge in [-0.25, -0.2) is 9.59 Å². The third-order valence-electron chi connectivity index (χ3n) is 8.80. The van der Waals surface area contributed by atoms with E-state index in [0.717, 1.165) is 38.5 Å². The summed E-state index contributed by atoms with van der Waals surface area (Å²) in [6, 6.07) is -4.17. The van der Waals surface area contributed by atoms with E-state index in [1.54, 1.807) is 31.7 Å². The van der Waals surface area contributed by atoms with Crippen molar-refractivity contribution in [1.29, 1.82) is 0 Å². The van der Waals surface area contributed by atoms with E-state index in [0.29, 0.717) is 19.3 Å². The summed E-state index contributed by atoms with van der Waals surface area (Å²) in [4.78, 5) is 67.6. The number of hydrogen-bond acceptors (Lipinski definition) is 8. The normalized spacial score (nSPS) is 21.8. The molecule has 1 aliphatic carbocycles. The second-order valence-corrected chi connectivity index (χ2v) is 14.9. The molecule has 2 unspecified atom stereocenters. The molecule has 0 bridgehead atoms. The van der Waals surface area contributed by atoms with Crippen LogP contribution in [0.3, 0.4) is 0 Å². The van der Waals surface area contributed by atoms with Crippen molar-refractivity contribution >= 4 is 29.6 Å². The zero-order valence-electron chi connectivity index (χ0n) is 29.2. The maximum Gasteiger partial charge on any atom is 0.329 e. The van der Waals surface area contributed by atoms with Crippen LogP contribution in [0.4, 0.5) is 4.79 Å². The smallest absolute Gasteiger partial charge is 0.329 e. The van der Waals surface area contributed by atoms with Gasteiger partial charge in [0.25, 0.3) is 5.91 Å². The van der Waals surface area contributed by atoms with E-state index in [4.69, 9.17) is 4.74 Å². The molecule has 2 fully saturated rings. The third-order valence-corrected chi connectivity index (χ3v) is 8.80. The molecule has 12 nitrogen and oxygen atoms in total. The fourth-order valence-corrected chi connectivity index (χ4v) is 6.25. The SMILES string of the molecule is C=C[C@@H]1C[C@@H](C(O)NC(CCCC)C(=O)C(=O)NC)N(C(=O)[C@@H](NC(=O)N[C@H](C(=O)OC(C)(C)C)C(C)(C)C)C2CCCCC2)C1. The number of nitrogens with zero attached hydrogens (tertiary/aromatic N) is 1. The Kier molecular flexibility index (Phi) is 14.7. The number of aliphatic hydroxyl groups excluding tert-OH is 1. The number of nitrogens with one attached hydrogen (secondary N) is 4. The van der Waals surface area contributed by atoms with E-state index in [2.05, 4.69) is 27.8 Å². The summed E-state index contributed by atoms with van der Waals surface area (Å²) >= 11 is 0. The number of likely N-dealkylation sites (N-methyl/N-ethyl adjacent to an activating group) is 1. The molecule has 1 saturated heterocycles. The van der Waals surface area contributed by atoms with Crippen LogP contribution in [0.15, 0.2) is 12.7 Å². The lowest BCUT2D eigenvalue weighted by Crippen LogP contribution is -2.61. The number of carbonyl (C=O) groups excluding carboxylic acids is 5. The van der Waals surface area contributed by atoms with Gasteiger partial charge < -0.3 is 30.7 Å². The number of amides is 4. The van der Waals surface area contributed by atoms with Crippen molar-refractivity contribution in [3.05, 3.63) is 12.7 Å². The molecular formula is C34H59N5O7.